The molecule has 1 aromatic heterocycles. The smallest absolute Gasteiger partial charge is 0.150 e. The standard InChI is InChI=1S/C10H18N4/c1-10(2)5-4-6-11-8(10)9-13-12-7-14(9)3/h7-8,11H,4-6H2,1-3H3. The predicted octanol–water partition coefficient (Wildman–Crippen LogP) is 1.27. The van der Waals surface area contributed by atoms with Crippen molar-refractivity contribution < 1.29 is 0 Å². The summed E-state index contributed by atoms with van der Waals surface area (Å²) in [5.41, 5.74) is 0.277. The first-order valence-corrected chi connectivity index (χ1v) is 5.18. The van der Waals surface area contributed by atoms with Crippen LogP contribution >= 0.6 is 0 Å². The SMILES string of the molecule is Cn1cnnc1C1NCCCC1(C)C. The van der Waals surface area contributed by atoms with Crippen LogP contribution in [0.2, 0.25) is 0 Å². The summed E-state index contributed by atoms with van der Waals surface area (Å²) in [5.74, 6) is 1.05. The fraction of sp³-hybridized carbons (Fsp3) is 0.800. The fourth-order valence-electron chi connectivity index (χ4n) is 2.21. The zero-order valence-corrected chi connectivity index (χ0v) is 9.12. The summed E-state index contributed by atoms with van der Waals surface area (Å²) in [6.45, 7) is 5.66. The molecule has 0 aromatic carbocycles. The van der Waals surface area contributed by atoms with Crippen molar-refractivity contribution in [1.82, 2.24) is 20.1 Å². The van der Waals surface area contributed by atoms with Gasteiger partial charge in [-0.3, -0.25) is 0 Å². The Kier molecular flexibility index (Phi) is 2.31. The van der Waals surface area contributed by atoms with Crippen molar-refractivity contribution >= 4 is 0 Å². The van der Waals surface area contributed by atoms with Crippen LogP contribution < -0.4 is 5.32 Å². The molecule has 4 heteroatoms. The van der Waals surface area contributed by atoms with Crippen LogP contribution in [0.1, 0.15) is 38.6 Å². The molecule has 0 bridgehead atoms. The Balaban J connectivity index is 2.28. The Bertz CT molecular complexity index is 316. The number of nitrogens with one attached hydrogen (secondary N) is 1. The molecule has 0 aliphatic carbocycles. The molecule has 1 aliphatic rings. The Hall–Kier alpha value is -0.900. The van der Waals surface area contributed by atoms with Crippen LogP contribution in [0, 0.1) is 5.41 Å². The van der Waals surface area contributed by atoms with Crippen LogP contribution in [-0.2, 0) is 7.05 Å². The van der Waals surface area contributed by atoms with Gasteiger partial charge in [0.1, 0.15) is 12.2 Å². The molecule has 0 radical (unpaired) electrons. The van der Waals surface area contributed by atoms with Crippen LogP contribution in [0.25, 0.3) is 0 Å². The third-order valence-corrected chi connectivity index (χ3v) is 3.13. The van der Waals surface area contributed by atoms with E-state index >= 15 is 0 Å². The second-order valence-corrected chi connectivity index (χ2v) is 4.78. The largest absolute Gasteiger partial charge is 0.319 e. The molecule has 1 aromatic rings. The summed E-state index contributed by atoms with van der Waals surface area (Å²) >= 11 is 0. The molecule has 2 rings (SSSR count). The molecular formula is C10H18N4. The van der Waals surface area contributed by atoms with Gasteiger partial charge in [0, 0.05) is 7.05 Å². The maximum absolute atomic E-state index is 4.19. The van der Waals surface area contributed by atoms with Crippen LogP contribution in [-0.4, -0.2) is 21.3 Å². The molecule has 0 saturated carbocycles. The zero-order valence-electron chi connectivity index (χ0n) is 9.12. The molecule has 1 saturated heterocycles. The van der Waals surface area contributed by atoms with E-state index in [0.29, 0.717) is 6.04 Å². The van der Waals surface area contributed by atoms with Gasteiger partial charge in [0.2, 0.25) is 0 Å². The highest BCUT2D eigenvalue weighted by Gasteiger charge is 2.35. The summed E-state index contributed by atoms with van der Waals surface area (Å²) in [7, 11) is 2.00. The van der Waals surface area contributed by atoms with Crippen molar-refractivity contribution in [3.8, 4) is 0 Å². The fourth-order valence-corrected chi connectivity index (χ4v) is 2.21. The van der Waals surface area contributed by atoms with Gasteiger partial charge in [0.05, 0.1) is 6.04 Å². The number of aromatic nitrogens is 3. The molecule has 1 atom stereocenters. The third kappa shape index (κ3) is 1.54. The second kappa shape index (κ2) is 3.35. The first kappa shape index (κ1) is 9.65. The van der Waals surface area contributed by atoms with Crippen molar-refractivity contribution in [2.75, 3.05) is 6.54 Å². The van der Waals surface area contributed by atoms with Gasteiger partial charge in [-0.2, -0.15) is 0 Å². The minimum atomic E-state index is 0.277. The first-order chi connectivity index (χ1) is 6.61. The van der Waals surface area contributed by atoms with E-state index in [9.17, 15) is 0 Å². The zero-order chi connectivity index (χ0) is 10.2. The molecule has 0 amide bonds. The Morgan fingerprint density at radius 1 is 1.57 bits per heavy atom. The molecule has 78 valence electrons. The molecule has 0 spiro atoms. The lowest BCUT2D eigenvalue weighted by molar-refractivity contribution is 0.171. The predicted molar refractivity (Wildman–Crippen MR) is 54.8 cm³/mol. The van der Waals surface area contributed by atoms with E-state index in [0.717, 1.165) is 12.4 Å². The molecule has 4 nitrogen and oxygen atoms in total. The Morgan fingerprint density at radius 3 is 2.93 bits per heavy atom. The van der Waals surface area contributed by atoms with Gasteiger partial charge in [-0.1, -0.05) is 13.8 Å². The van der Waals surface area contributed by atoms with Crippen LogP contribution in [0.4, 0.5) is 0 Å². The maximum Gasteiger partial charge on any atom is 0.150 e. The summed E-state index contributed by atoms with van der Waals surface area (Å²) < 4.78 is 2.00. The van der Waals surface area contributed by atoms with E-state index in [-0.39, 0.29) is 5.41 Å². The minimum Gasteiger partial charge on any atom is -0.319 e. The topological polar surface area (TPSA) is 42.7 Å². The van der Waals surface area contributed by atoms with Crippen molar-refractivity contribution in [1.29, 1.82) is 0 Å². The summed E-state index contributed by atoms with van der Waals surface area (Å²) in [5, 5.41) is 11.7. The summed E-state index contributed by atoms with van der Waals surface area (Å²) in [6, 6.07) is 0.337. The van der Waals surface area contributed by atoms with E-state index in [4.69, 9.17) is 0 Å². The van der Waals surface area contributed by atoms with Crippen LogP contribution in [0.5, 0.6) is 0 Å². The summed E-state index contributed by atoms with van der Waals surface area (Å²) in [6.07, 6.45) is 4.26. The van der Waals surface area contributed by atoms with Crippen LogP contribution in [0.15, 0.2) is 6.33 Å². The molecular weight excluding hydrogens is 176 g/mol. The minimum absolute atomic E-state index is 0.277. The number of hydrogen-bond donors (Lipinski definition) is 1. The van der Waals surface area contributed by atoms with E-state index in [2.05, 4.69) is 29.4 Å². The summed E-state index contributed by atoms with van der Waals surface area (Å²) in [4.78, 5) is 0. The molecule has 2 heterocycles. The Morgan fingerprint density at radius 2 is 2.36 bits per heavy atom. The molecule has 14 heavy (non-hydrogen) atoms. The van der Waals surface area contributed by atoms with Crippen LogP contribution in [0.3, 0.4) is 0 Å². The molecule has 1 aliphatic heterocycles. The highest BCUT2D eigenvalue weighted by molar-refractivity contribution is 5.02. The molecule has 1 unspecified atom stereocenters. The van der Waals surface area contributed by atoms with Crippen molar-refractivity contribution in [3.63, 3.8) is 0 Å². The van der Waals surface area contributed by atoms with Crippen molar-refractivity contribution in [3.05, 3.63) is 12.2 Å². The number of aryl methyl sites for hydroxylation is 1. The second-order valence-electron chi connectivity index (χ2n) is 4.78. The van der Waals surface area contributed by atoms with E-state index < -0.39 is 0 Å². The van der Waals surface area contributed by atoms with Gasteiger partial charge in [-0.05, 0) is 24.8 Å². The monoisotopic (exact) mass is 194 g/mol. The van der Waals surface area contributed by atoms with Crippen molar-refractivity contribution in [2.45, 2.75) is 32.7 Å². The van der Waals surface area contributed by atoms with Crippen molar-refractivity contribution in [2.24, 2.45) is 12.5 Å². The number of nitrogens with zero attached hydrogens (tertiary/aromatic N) is 3. The van der Waals surface area contributed by atoms with Gasteiger partial charge in [-0.25, -0.2) is 0 Å². The van der Waals surface area contributed by atoms with E-state index in [1.165, 1.54) is 12.8 Å². The van der Waals surface area contributed by atoms with Gasteiger partial charge < -0.3 is 9.88 Å². The molecule has 1 fully saturated rings. The third-order valence-electron chi connectivity index (χ3n) is 3.13. The van der Waals surface area contributed by atoms with E-state index in [1.54, 1.807) is 6.33 Å². The van der Waals surface area contributed by atoms with Gasteiger partial charge in [0.15, 0.2) is 0 Å². The average Bonchev–Trinajstić information content (AvgIpc) is 2.51. The maximum atomic E-state index is 4.19. The average molecular weight is 194 g/mol. The lowest BCUT2D eigenvalue weighted by Gasteiger charge is -2.38. The lowest BCUT2D eigenvalue weighted by Crippen LogP contribution is -2.41. The number of rotatable bonds is 1. The molecule has 1 N–H and O–H groups in total. The highest BCUT2D eigenvalue weighted by Crippen LogP contribution is 2.38. The lowest BCUT2D eigenvalue weighted by atomic mass is 9.77. The highest BCUT2D eigenvalue weighted by atomic mass is 15.3. The quantitative estimate of drug-likeness (QED) is 0.732. The number of hydrogen-bond acceptors (Lipinski definition) is 3. The Labute approximate surface area is 84.7 Å². The van der Waals surface area contributed by atoms with E-state index in [1.807, 2.05) is 11.6 Å². The van der Waals surface area contributed by atoms with Gasteiger partial charge >= 0.3 is 0 Å². The number of piperidine rings is 1. The van der Waals surface area contributed by atoms with Gasteiger partial charge in [0.25, 0.3) is 0 Å². The first-order valence-electron chi connectivity index (χ1n) is 5.18. The van der Waals surface area contributed by atoms with Gasteiger partial charge in [-0.15, -0.1) is 10.2 Å². The normalized spacial score (nSPS) is 26.4.